The molecule has 0 saturated carbocycles. The summed E-state index contributed by atoms with van der Waals surface area (Å²) in [6.45, 7) is 5.90. The summed E-state index contributed by atoms with van der Waals surface area (Å²) in [4.78, 5) is 59.6. The van der Waals surface area contributed by atoms with Crippen molar-refractivity contribution < 1.29 is 23.9 Å². The van der Waals surface area contributed by atoms with Gasteiger partial charge in [0.2, 0.25) is 0 Å². The average molecular weight is 656 g/mol. The lowest BCUT2D eigenvalue weighted by Crippen LogP contribution is -2.23. The molecule has 0 amide bonds. The number of thioether (sulfide) groups is 1. The molecule has 11 heteroatoms. The van der Waals surface area contributed by atoms with Crippen LogP contribution in [0, 0.1) is 19.8 Å². The van der Waals surface area contributed by atoms with Gasteiger partial charge in [-0.05, 0) is 81.0 Å². The van der Waals surface area contributed by atoms with Crippen molar-refractivity contribution in [3.63, 3.8) is 0 Å². The molecule has 236 valence electrons. The van der Waals surface area contributed by atoms with Crippen LogP contribution in [0.5, 0.6) is 0 Å². The van der Waals surface area contributed by atoms with Gasteiger partial charge in [-0.2, -0.15) is 0 Å². The molecule has 0 N–H and O–H groups in total. The molecule has 3 heterocycles. The zero-order valence-corrected chi connectivity index (χ0v) is 27.8. The second kappa shape index (κ2) is 12.7. The molecule has 0 radical (unpaired) electrons. The molecule has 0 fully saturated rings. The second-order valence-corrected chi connectivity index (χ2v) is 13.5. The Labute approximate surface area is 274 Å². The summed E-state index contributed by atoms with van der Waals surface area (Å²) >= 11 is 2.83. The molecule has 0 saturated heterocycles. The van der Waals surface area contributed by atoms with E-state index >= 15 is 0 Å². The third kappa shape index (κ3) is 5.69. The standard InChI is InChI=1S/C35H33N3O6S2/c1-19-11-12-26-29(13-19)46-31-30(26)32(40)38(24-9-7-6-8-10-24)35(36-31)45-18-28(39)27-14-20(2)37(21(27)3)25-16-22(33(41)43-4)15-23(17-25)34(42)44-5/h6-10,14-17,19H,11-13,18H2,1-5H3/t19-/m1/s1. The van der Waals surface area contributed by atoms with Crippen LogP contribution in [-0.4, -0.2) is 51.8 Å². The number of thiophene rings is 1. The normalized spacial score (nSPS) is 14.2. The van der Waals surface area contributed by atoms with Crippen LogP contribution in [0.2, 0.25) is 0 Å². The van der Waals surface area contributed by atoms with Crippen molar-refractivity contribution in [1.29, 1.82) is 0 Å². The number of fused-ring (bicyclic) bond motifs is 3. The minimum Gasteiger partial charge on any atom is -0.465 e. The number of hydrogen-bond acceptors (Lipinski definition) is 9. The lowest BCUT2D eigenvalue weighted by molar-refractivity contribution is 0.0598. The fraction of sp³-hybridized carbons (Fsp3) is 0.286. The molecule has 3 aromatic heterocycles. The first-order chi connectivity index (χ1) is 22.1. The number of carbonyl (C=O) groups is 3. The molecule has 1 atom stereocenters. The highest BCUT2D eigenvalue weighted by Gasteiger charge is 2.26. The number of esters is 2. The van der Waals surface area contributed by atoms with E-state index in [1.54, 1.807) is 34.1 Å². The maximum Gasteiger partial charge on any atom is 0.337 e. The van der Waals surface area contributed by atoms with E-state index in [4.69, 9.17) is 14.5 Å². The van der Waals surface area contributed by atoms with E-state index in [1.807, 2.05) is 48.7 Å². The van der Waals surface area contributed by atoms with Crippen LogP contribution in [0.4, 0.5) is 0 Å². The second-order valence-electron chi connectivity index (χ2n) is 11.5. The SMILES string of the molecule is COC(=O)c1cc(C(=O)OC)cc(-n2c(C)cc(C(=O)CSc3nc4sc5c(c4c(=O)n3-c3ccccc3)CC[C@@H](C)C5)c2C)c1. The molecule has 1 aliphatic carbocycles. The van der Waals surface area contributed by atoms with Crippen LogP contribution in [-0.2, 0) is 22.3 Å². The summed E-state index contributed by atoms with van der Waals surface area (Å²) in [6.07, 6.45) is 2.86. The summed E-state index contributed by atoms with van der Waals surface area (Å²) in [5.41, 5.74) is 4.46. The van der Waals surface area contributed by atoms with Crippen LogP contribution in [0.3, 0.4) is 0 Å². The van der Waals surface area contributed by atoms with Crippen LogP contribution in [0.25, 0.3) is 21.6 Å². The zero-order valence-electron chi connectivity index (χ0n) is 26.2. The predicted octanol–water partition coefficient (Wildman–Crippen LogP) is 6.53. The van der Waals surface area contributed by atoms with Crippen molar-refractivity contribution in [2.75, 3.05) is 20.0 Å². The Kier molecular flexibility index (Phi) is 8.71. The van der Waals surface area contributed by atoms with Crippen LogP contribution in [0.15, 0.2) is 64.5 Å². The largest absolute Gasteiger partial charge is 0.465 e. The molecule has 9 nitrogen and oxygen atoms in total. The Morgan fingerprint density at radius 2 is 1.63 bits per heavy atom. The van der Waals surface area contributed by atoms with Crippen LogP contribution >= 0.6 is 23.1 Å². The number of ketones is 1. The Morgan fingerprint density at radius 1 is 0.957 bits per heavy atom. The third-order valence-electron chi connectivity index (χ3n) is 8.39. The molecule has 0 unspecified atom stereocenters. The number of nitrogens with zero attached hydrogens (tertiary/aromatic N) is 3. The van der Waals surface area contributed by atoms with Crippen molar-refractivity contribution in [3.05, 3.63) is 103 Å². The van der Waals surface area contributed by atoms with Crippen LogP contribution < -0.4 is 5.56 Å². The summed E-state index contributed by atoms with van der Waals surface area (Å²) in [7, 11) is 2.54. The molecule has 5 aromatic rings. The van der Waals surface area contributed by atoms with E-state index in [-0.39, 0.29) is 28.2 Å². The van der Waals surface area contributed by atoms with E-state index in [1.165, 1.54) is 36.9 Å². The lowest BCUT2D eigenvalue weighted by atomic mass is 9.89. The zero-order chi connectivity index (χ0) is 32.7. The van der Waals surface area contributed by atoms with E-state index in [0.717, 1.165) is 35.4 Å². The lowest BCUT2D eigenvalue weighted by Gasteiger charge is -2.17. The fourth-order valence-corrected chi connectivity index (χ4v) is 8.45. The number of Topliss-reactive ketones (excluding diaryl/α,β-unsaturated/α-hetero) is 1. The molecule has 2 aromatic carbocycles. The van der Waals surface area contributed by atoms with Gasteiger partial charge in [0.1, 0.15) is 4.83 Å². The minimum absolute atomic E-state index is 0.0484. The van der Waals surface area contributed by atoms with Gasteiger partial charge in [0, 0.05) is 27.5 Å². The fourth-order valence-electron chi connectivity index (χ4n) is 6.13. The topological polar surface area (TPSA) is 109 Å². The Hall–Kier alpha value is -4.48. The number of rotatable bonds is 8. The smallest absolute Gasteiger partial charge is 0.337 e. The molecule has 1 aliphatic rings. The van der Waals surface area contributed by atoms with Gasteiger partial charge in [-0.15, -0.1) is 11.3 Å². The third-order valence-corrected chi connectivity index (χ3v) is 10.5. The van der Waals surface area contributed by atoms with Gasteiger partial charge in [-0.25, -0.2) is 14.6 Å². The number of benzene rings is 2. The molecule has 6 rings (SSSR count). The molecule has 0 bridgehead atoms. The first-order valence-corrected chi connectivity index (χ1v) is 16.7. The summed E-state index contributed by atoms with van der Waals surface area (Å²) in [5, 5.41) is 1.15. The van der Waals surface area contributed by atoms with Gasteiger partial charge in [0.25, 0.3) is 5.56 Å². The minimum atomic E-state index is -0.600. The Balaban J connectivity index is 1.37. The van der Waals surface area contributed by atoms with E-state index in [0.29, 0.717) is 39.1 Å². The van der Waals surface area contributed by atoms with E-state index in [2.05, 4.69) is 6.92 Å². The molecular weight excluding hydrogens is 623 g/mol. The number of aromatic nitrogens is 3. The number of ether oxygens (including phenoxy) is 2. The van der Waals surface area contributed by atoms with Crippen molar-refractivity contribution in [3.8, 4) is 11.4 Å². The number of methoxy groups -OCH3 is 2. The highest BCUT2D eigenvalue weighted by molar-refractivity contribution is 7.99. The number of aryl methyl sites for hydroxylation is 2. The first kappa shape index (κ1) is 31.5. The van der Waals surface area contributed by atoms with Gasteiger partial charge in [-0.3, -0.25) is 14.2 Å². The number of para-hydroxylation sites is 1. The van der Waals surface area contributed by atoms with E-state index in [9.17, 15) is 19.2 Å². The molecule has 0 aliphatic heterocycles. The van der Waals surface area contributed by atoms with E-state index < -0.39 is 11.9 Å². The molecular formula is C35H33N3O6S2. The van der Waals surface area contributed by atoms with Gasteiger partial charge in [-0.1, -0.05) is 36.9 Å². The molecule has 46 heavy (non-hydrogen) atoms. The summed E-state index contributed by atoms with van der Waals surface area (Å²) in [6, 6.07) is 15.8. The van der Waals surface area contributed by atoms with Gasteiger partial charge in [0.05, 0.1) is 42.2 Å². The van der Waals surface area contributed by atoms with Crippen LogP contribution in [0.1, 0.15) is 66.2 Å². The maximum atomic E-state index is 14.1. The predicted molar refractivity (Wildman–Crippen MR) is 179 cm³/mol. The Bertz CT molecular complexity index is 2040. The van der Waals surface area contributed by atoms with Crippen molar-refractivity contribution in [2.45, 2.75) is 45.2 Å². The highest BCUT2D eigenvalue weighted by Crippen LogP contribution is 2.37. The van der Waals surface area contributed by atoms with Gasteiger partial charge >= 0.3 is 11.9 Å². The number of carbonyl (C=O) groups excluding carboxylic acids is 3. The van der Waals surface area contributed by atoms with Crippen molar-refractivity contribution in [1.82, 2.24) is 14.1 Å². The summed E-state index contributed by atoms with van der Waals surface area (Å²) in [5.74, 6) is -0.728. The van der Waals surface area contributed by atoms with Crippen molar-refractivity contribution in [2.24, 2.45) is 5.92 Å². The maximum absolute atomic E-state index is 14.1. The number of hydrogen-bond donors (Lipinski definition) is 0. The monoisotopic (exact) mass is 655 g/mol. The summed E-state index contributed by atoms with van der Waals surface area (Å²) < 4.78 is 13.2. The Morgan fingerprint density at radius 3 is 2.28 bits per heavy atom. The average Bonchev–Trinajstić information content (AvgIpc) is 3.58. The quantitative estimate of drug-likeness (QED) is 0.0804. The highest BCUT2D eigenvalue weighted by atomic mass is 32.2. The van der Waals surface area contributed by atoms with Gasteiger partial charge < -0.3 is 14.0 Å². The van der Waals surface area contributed by atoms with Gasteiger partial charge in [0.15, 0.2) is 10.9 Å². The molecule has 0 spiro atoms. The van der Waals surface area contributed by atoms with Crippen molar-refractivity contribution >= 4 is 51.0 Å². The first-order valence-electron chi connectivity index (χ1n) is 14.9.